The van der Waals surface area contributed by atoms with Crippen molar-refractivity contribution < 1.29 is 9.66 Å². The third kappa shape index (κ3) is 4.63. The molecule has 5 heteroatoms. The number of nitriles is 1. The van der Waals surface area contributed by atoms with Gasteiger partial charge in [-0.25, -0.2) is 0 Å². The van der Waals surface area contributed by atoms with Gasteiger partial charge in [-0.1, -0.05) is 60.2 Å². The van der Waals surface area contributed by atoms with Crippen molar-refractivity contribution in [3.63, 3.8) is 0 Å². The molecule has 5 nitrogen and oxygen atoms in total. The number of hydrogen-bond donors (Lipinski definition) is 0. The number of nitro groups is 1. The van der Waals surface area contributed by atoms with Crippen molar-refractivity contribution in [1.82, 2.24) is 0 Å². The lowest BCUT2D eigenvalue weighted by Crippen LogP contribution is -1.97. The topological polar surface area (TPSA) is 76.2 Å². The van der Waals surface area contributed by atoms with Crippen LogP contribution in [0, 0.1) is 28.4 Å². The average Bonchev–Trinajstić information content (AvgIpc) is 2.72. The molecule has 3 rings (SSSR count). The minimum absolute atomic E-state index is 0.0532. The monoisotopic (exact) mass is 370 g/mol. The highest BCUT2D eigenvalue weighted by Crippen LogP contribution is 2.27. The van der Waals surface area contributed by atoms with Crippen LogP contribution >= 0.6 is 0 Å². The van der Waals surface area contributed by atoms with Gasteiger partial charge in [-0.2, -0.15) is 5.26 Å². The molecule has 0 heterocycles. The summed E-state index contributed by atoms with van der Waals surface area (Å²) in [5.41, 5.74) is 3.73. The Morgan fingerprint density at radius 2 is 1.86 bits per heavy atom. The van der Waals surface area contributed by atoms with Crippen molar-refractivity contribution in [2.75, 3.05) is 0 Å². The predicted octanol–water partition coefficient (Wildman–Crippen LogP) is 5.55. The molecule has 0 saturated carbocycles. The van der Waals surface area contributed by atoms with E-state index in [1.807, 2.05) is 55.5 Å². The Kier molecular flexibility index (Phi) is 5.83. The van der Waals surface area contributed by atoms with E-state index >= 15 is 0 Å². The first-order valence-electron chi connectivity index (χ1n) is 8.71. The third-order valence-corrected chi connectivity index (χ3v) is 4.22. The number of rotatable bonds is 6. The molecule has 0 amide bonds. The fraction of sp³-hybridized carbons (Fsp3) is 0.0870. The molecule has 0 fully saturated rings. The van der Waals surface area contributed by atoms with Crippen LogP contribution in [0.2, 0.25) is 0 Å². The van der Waals surface area contributed by atoms with E-state index in [1.54, 1.807) is 18.2 Å². The van der Waals surface area contributed by atoms with E-state index in [2.05, 4.69) is 6.07 Å². The van der Waals surface area contributed by atoms with Gasteiger partial charge in [0.1, 0.15) is 12.4 Å². The lowest BCUT2D eigenvalue weighted by atomic mass is 10.0. The Morgan fingerprint density at radius 3 is 2.57 bits per heavy atom. The molecule has 0 saturated heterocycles. The molecule has 0 aliphatic heterocycles. The number of aryl methyl sites for hydroxylation is 1. The van der Waals surface area contributed by atoms with Gasteiger partial charge in [-0.15, -0.1) is 0 Å². The van der Waals surface area contributed by atoms with Gasteiger partial charge in [0.25, 0.3) is 5.69 Å². The van der Waals surface area contributed by atoms with Gasteiger partial charge >= 0.3 is 0 Å². The summed E-state index contributed by atoms with van der Waals surface area (Å²) in [5, 5.41) is 20.6. The second kappa shape index (κ2) is 8.65. The molecule has 0 radical (unpaired) electrons. The first-order chi connectivity index (χ1) is 13.6. The summed E-state index contributed by atoms with van der Waals surface area (Å²) in [4.78, 5) is 10.5. The molecule has 0 spiro atoms. The Hall–Kier alpha value is -3.91. The molecule has 0 aromatic heterocycles. The van der Waals surface area contributed by atoms with E-state index in [0.717, 1.165) is 11.1 Å². The molecule has 3 aromatic carbocycles. The number of nitro benzene ring substituents is 1. The van der Waals surface area contributed by atoms with Crippen molar-refractivity contribution in [2.45, 2.75) is 13.5 Å². The average molecular weight is 370 g/mol. The molecule has 28 heavy (non-hydrogen) atoms. The summed E-state index contributed by atoms with van der Waals surface area (Å²) in [6.45, 7) is 2.44. The van der Waals surface area contributed by atoms with Gasteiger partial charge in [0, 0.05) is 17.7 Å². The van der Waals surface area contributed by atoms with E-state index in [0.29, 0.717) is 23.5 Å². The quantitative estimate of drug-likeness (QED) is 0.247. The lowest BCUT2D eigenvalue weighted by molar-refractivity contribution is -0.384. The van der Waals surface area contributed by atoms with Crippen LogP contribution in [0.1, 0.15) is 22.3 Å². The van der Waals surface area contributed by atoms with Crippen LogP contribution in [0.25, 0.3) is 11.6 Å². The summed E-state index contributed by atoms with van der Waals surface area (Å²) in [6.07, 6.45) is 1.68. The Bertz CT molecular complexity index is 1060. The Morgan fingerprint density at radius 1 is 1.11 bits per heavy atom. The van der Waals surface area contributed by atoms with Crippen LogP contribution in [-0.4, -0.2) is 4.92 Å². The largest absolute Gasteiger partial charge is 0.488 e. The van der Waals surface area contributed by atoms with Crippen molar-refractivity contribution >= 4 is 17.3 Å². The molecule has 0 aliphatic carbocycles. The van der Waals surface area contributed by atoms with Gasteiger partial charge in [0.15, 0.2) is 0 Å². The summed E-state index contributed by atoms with van der Waals surface area (Å²) in [7, 11) is 0. The third-order valence-electron chi connectivity index (χ3n) is 4.22. The van der Waals surface area contributed by atoms with Crippen LogP contribution < -0.4 is 4.74 Å². The van der Waals surface area contributed by atoms with E-state index in [9.17, 15) is 15.4 Å². The zero-order chi connectivity index (χ0) is 19.9. The van der Waals surface area contributed by atoms with Crippen molar-refractivity contribution in [1.29, 1.82) is 5.26 Å². The summed E-state index contributed by atoms with van der Waals surface area (Å²) >= 11 is 0. The Balaban J connectivity index is 1.88. The van der Waals surface area contributed by atoms with Crippen LogP contribution in [0.15, 0.2) is 72.8 Å². The summed E-state index contributed by atoms with van der Waals surface area (Å²) < 4.78 is 5.94. The van der Waals surface area contributed by atoms with Crippen molar-refractivity contribution in [2.24, 2.45) is 0 Å². The first-order valence-corrected chi connectivity index (χ1v) is 8.71. The van der Waals surface area contributed by atoms with Gasteiger partial charge in [0.2, 0.25) is 0 Å². The fourth-order valence-electron chi connectivity index (χ4n) is 2.70. The minimum Gasteiger partial charge on any atom is -0.488 e. The number of non-ortho nitro benzene ring substituents is 1. The number of hydrogen-bond acceptors (Lipinski definition) is 4. The van der Waals surface area contributed by atoms with E-state index in [-0.39, 0.29) is 5.69 Å². The molecular formula is C23H18N2O3. The number of ether oxygens (including phenoxy) is 1. The van der Waals surface area contributed by atoms with Crippen LogP contribution in [0.3, 0.4) is 0 Å². The van der Waals surface area contributed by atoms with E-state index in [4.69, 9.17) is 4.74 Å². The maximum atomic E-state index is 11.0. The molecule has 0 unspecified atom stereocenters. The maximum absolute atomic E-state index is 11.0. The fourth-order valence-corrected chi connectivity index (χ4v) is 2.70. The maximum Gasteiger partial charge on any atom is 0.270 e. The van der Waals surface area contributed by atoms with Crippen LogP contribution in [-0.2, 0) is 6.61 Å². The predicted molar refractivity (Wildman–Crippen MR) is 109 cm³/mol. The highest BCUT2D eigenvalue weighted by molar-refractivity contribution is 5.91. The molecule has 0 aliphatic rings. The summed E-state index contributed by atoms with van der Waals surface area (Å²) in [6, 6.07) is 23.6. The molecular weight excluding hydrogens is 352 g/mol. The van der Waals surface area contributed by atoms with Gasteiger partial charge < -0.3 is 4.74 Å². The standard InChI is InChI=1S/C23H18N2O3/c1-17-9-11-18(12-10-17)16-28-23-8-3-2-5-20(23)13-21(15-24)19-6-4-7-22(14-19)25(26)27/h2-14H,16H2,1H3/b21-13-. The first kappa shape index (κ1) is 18.9. The SMILES string of the molecule is Cc1ccc(COc2ccccc2/C=C(/C#N)c2cccc([N+](=O)[O-])c2)cc1. The summed E-state index contributed by atoms with van der Waals surface area (Å²) in [5.74, 6) is 0.640. The van der Waals surface area contributed by atoms with Crippen LogP contribution in [0.5, 0.6) is 5.75 Å². The number of para-hydroxylation sites is 1. The minimum atomic E-state index is -0.475. The number of nitrogens with zero attached hydrogens (tertiary/aromatic N) is 2. The smallest absolute Gasteiger partial charge is 0.270 e. The van der Waals surface area contributed by atoms with Crippen molar-refractivity contribution in [3.8, 4) is 11.8 Å². The second-order valence-corrected chi connectivity index (χ2v) is 6.29. The lowest BCUT2D eigenvalue weighted by Gasteiger charge is -2.10. The highest BCUT2D eigenvalue weighted by atomic mass is 16.6. The second-order valence-electron chi connectivity index (χ2n) is 6.29. The molecule has 0 atom stereocenters. The zero-order valence-corrected chi connectivity index (χ0v) is 15.3. The molecule has 0 N–H and O–H groups in total. The van der Waals surface area contributed by atoms with Crippen LogP contribution in [0.4, 0.5) is 5.69 Å². The number of benzene rings is 3. The normalized spacial score (nSPS) is 10.9. The van der Waals surface area contributed by atoms with Crippen molar-refractivity contribution in [3.05, 3.63) is 105 Å². The van der Waals surface area contributed by atoms with Gasteiger partial charge in [-0.05, 0) is 30.2 Å². The molecule has 3 aromatic rings. The zero-order valence-electron chi connectivity index (χ0n) is 15.3. The van der Waals surface area contributed by atoms with E-state index in [1.165, 1.54) is 17.7 Å². The van der Waals surface area contributed by atoms with Gasteiger partial charge in [-0.3, -0.25) is 10.1 Å². The molecule has 0 bridgehead atoms. The van der Waals surface area contributed by atoms with Gasteiger partial charge in [0.05, 0.1) is 16.6 Å². The number of allylic oxidation sites excluding steroid dienone is 1. The highest BCUT2D eigenvalue weighted by Gasteiger charge is 2.10. The Labute approximate surface area is 163 Å². The van der Waals surface area contributed by atoms with E-state index < -0.39 is 4.92 Å². The molecule has 138 valence electrons.